The average Bonchev–Trinajstić information content (AvgIpc) is 2.46. The molecule has 1 aromatic heterocycles. The first-order valence-corrected chi connectivity index (χ1v) is 6.86. The number of nitrogens with zero attached hydrogens (tertiary/aromatic N) is 1. The Bertz CT molecular complexity index is 310. The van der Waals surface area contributed by atoms with Gasteiger partial charge in [0.1, 0.15) is 0 Å². The lowest BCUT2D eigenvalue weighted by Crippen LogP contribution is -2.13. The van der Waals surface area contributed by atoms with E-state index in [4.69, 9.17) is 4.98 Å². The number of halogens is 1. The van der Waals surface area contributed by atoms with E-state index in [1.165, 1.54) is 15.6 Å². The molecule has 0 aliphatic heterocycles. The van der Waals surface area contributed by atoms with Gasteiger partial charge >= 0.3 is 0 Å². The van der Waals surface area contributed by atoms with E-state index in [0.717, 1.165) is 5.33 Å². The van der Waals surface area contributed by atoms with Gasteiger partial charge in [-0.2, -0.15) is 0 Å². The van der Waals surface area contributed by atoms with Crippen LogP contribution in [0, 0.1) is 0 Å². The monoisotopic (exact) mass is 275 g/mol. The zero-order valence-electron chi connectivity index (χ0n) is 9.52. The van der Waals surface area contributed by atoms with Crippen LogP contribution >= 0.6 is 27.3 Å². The van der Waals surface area contributed by atoms with Crippen molar-refractivity contribution in [2.24, 2.45) is 0 Å². The summed E-state index contributed by atoms with van der Waals surface area (Å²) in [5.74, 6) is 0.536. The van der Waals surface area contributed by atoms with Crippen LogP contribution in [-0.2, 0) is 10.7 Å². The zero-order valence-corrected chi connectivity index (χ0v) is 11.9. The summed E-state index contributed by atoms with van der Waals surface area (Å²) in [5, 5.41) is 2.17. The summed E-state index contributed by atoms with van der Waals surface area (Å²) in [6.45, 7) is 11.1. The van der Waals surface area contributed by atoms with Crippen LogP contribution < -0.4 is 0 Å². The molecule has 0 radical (unpaired) electrons. The van der Waals surface area contributed by atoms with E-state index in [-0.39, 0.29) is 5.41 Å². The predicted molar refractivity (Wildman–Crippen MR) is 67.5 cm³/mol. The van der Waals surface area contributed by atoms with E-state index >= 15 is 0 Å². The van der Waals surface area contributed by atoms with Crippen molar-refractivity contribution in [3.63, 3.8) is 0 Å². The summed E-state index contributed by atoms with van der Waals surface area (Å²) in [7, 11) is 0. The van der Waals surface area contributed by atoms with Crippen LogP contribution in [0.15, 0.2) is 0 Å². The minimum Gasteiger partial charge on any atom is -0.245 e. The smallest absolute Gasteiger partial charge is 0.0957 e. The lowest BCUT2D eigenvalue weighted by atomic mass is 9.91. The molecule has 14 heavy (non-hydrogen) atoms. The first-order chi connectivity index (χ1) is 6.36. The topological polar surface area (TPSA) is 12.9 Å². The van der Waals surface area contributed by atoms with E-state index in [2.05, 4.69) is 50.5 Å². The molecule has 0 N–H and O–H groups in total. The highest BCUT2D eigenvalue weighted by Crippen LogP contribution is 2.33. The van der Waals surface area contributed by atoms with Gasteiger partial charge in [0.25, 0.3) is 0 Å². The fourth-order valence-electron chi connectivity index (χ4n) is 1.29. The van der Waals surface area contributed by atoms with Crippen LogP contribution in [0.5, 0.6) is 0 Å². The van der Waals surface area contributed by atoms with Crippen molar-refractivity contribution in [1.82, 2.24) is 4.98 Å². The molecule has 1 aromatic rings. The number of hydrogen-bond acceptors (Lipinski definition) is 2. The van der Waals surface area contributed by atoms with Crippen LogP contribution in [0.25, 0.3) is 0 Å². The van der Waals surface area contributed by atoms with Crippen molar-refractivity contribution in [3.05, 3.63) is 15.6 Å². The number of aromatic nitrogens is 1. The van der Waals surface area contributed by atoms with E-state index in [0.29, 0.717) is 5.92 Å². The van der Waals surface area contributed by atoms with Crippen LogP contribution in [-0.4, -0.2) is 4.98 Å². The molecule has 1 rings (SSSR count). The molecule has 1 nitrogen and oxygen atoms in total. The lowest BCUT2D eigenvalue weighted by Gasteiger charge is -2.16. The molecule has 0 atom stereocenters. The number of alkyl halides is 1. The second-order valence-corrected chi connectivity index (χ2v) is 6.54. The highest BCUT2D eigenvalue weighted by Gasteiger charge is 2.23. The van der Waals surface area contributed by atoms with Crippen molar-refractivity contribution in [1.29, 1.82) is 0 Å². The molecule has 0 amide bonds. The number of rotatable bonds is 2. The van der Waals surface area contributed by atoms with E-state index in [1.54, 1.807) is 0 Å². The van der Waals surface area contributed by atoms with Crippen LogP contribution in [0.2, 0.25) is 0 Å². The third-order valence-corrected chi connectivity index (χ3v) is 4.33. The minimum absolute atomic E-state index is 0.159. The van der Waals surface area contributed by atoms with Gasteiger partial charge in [0.15, 0.2) is 0 Å². The van der Waals surface area contributed by atoms with Crippen molar-refractivity contribution >= 4 is 27.3 Å². The Morgan fingerprint density at radius 2 is 1.93 bits per heavy atom. The van der Waals surface area contributed by atoms with Gasteiger partial charge in [-0.25, -0.2) is 4.98 Å². The van der Waals surface area contributed by atoms with Crippen LogP contribution in [0.3, 0.4) is 0 Å². The average molecular weight is 276 g/mol. The van der Waals surface area contributed by atoms with Gasteiger partial charge in [0.2, 0.25) is 0 Å². The van der Waals surface area contributed by atoms with E-state index < -0.39 is 0 Å². The summed E-state index contributed by atoms with van der Waals surface area (Å²) in [6, 6.07) is 0. The number of thiazole rings is 1. The first-order valence-electron chi connectivity index (χ1n) is 4.92. The largest absolute Gasteiger partial charge is 0.245 e. The van der Waals surface area contributed by atoms with E-state index in [1.807, 2.05) is 11.3 Å². The Labute approximate surface area is 99.1 Å². The van der Waals surface area contributed by atoms with Crippen molar-refractivity contribution in [3.8, 4) is 0 Å². The van der Waals surface area contributed by atoms with Crippen molar-refractivity contribution in [2.45, 2.75) is 51.3 Å². The maximum absolute atomic E-state index is 4.74. The number of hydrogen-bond donors (Lipinski definition) is 0. The summed E-state index contributed by atoms with van der Waals surface area (Å²) in [4.78, 5) is 6.12. The van der Waals surface area contributed by atoms with Gasteiger partial charge in [0.05, 0.1) is 10.7 Å². The summed E-state index contributed by atoms with van der Waals surface area (Å²) >= 11 is 5.37. The Kier molecular flexibility index (Phi) is 3.75. The molecule has 0 aromatic carbocycles. The molecule has 3 heteroatoms. The standard InChI is InChI=1S/C11H18BrNS/c1-7(2)10-13-9(11(3,4)5)8(6-12)14-10/h7H,6H2,1-5H3. The van der Waals surface area contributed by atoms with Gasteiger partial charge < -0.3 is 0 Å². The Hall–Kier alpha value is 0.110. The van der Waals surface area contributed by atoms with Crippen LogP contribution in [0.1, 0.15) is 56.1 Å². The molecule has 1 heterocycles. The highest BCUT2D eigenvalue weighted by atomic mass is 79.9. The summed E-state index contributed by atoms with van der Waals surface area (Å²) in [6.07, 6.45) is 0. The molecule has 80 valence electrons. The second kappa shape index (κ2) is 4.31. The normalized spacial score (nSPS) is 12.5. The van der Waals surface area contributed by atoms with E-state index in [9.17, 15) is 0 Å². The fraction of sp³-hybridized carbons (Fsp3) is 0.727. The van der Waals surface area contributed by atoms with Gasteiger partial charge in [0, 0.05) is 21.5 Å². The summed E-state index contributed by atoms with van der Waals surface area (Å²) in [5.41, 5.74) is 1.41. The van der Waals surface area contributed by atoms with Crippen molar-refractivity contribution in [2.75, 3.05) is 0 Å². The minimum atomic E-state index is 0.159. The molecule has 0 aliphatic rings. The maximum atomic E-state index is 4.74. The lowest BCUT2D eigenvalue weighted by molar-refractivity contribution is 0.565. The maximum Gasteiger partial charge on any atom is 0.0957 e. The van der Waals surface area contributed by atoms with Gasteiger partial charge in [-0.1, -0.05) is 50.5 Å². The molecule has 0 bridgehead atoms. The molecule has 0 fully saturated rings. The SMILES string of the molecule is CC(C)c1nc(C(C)(C)C)c(CBr)s1. The first kappa shape index (κ1) is 12.2. The molecular weight excluding hydrogens is 258 g/mol. The summed E-state index contributed by atoms with van der Waals surface area (Å²) < 4.78 is 0. The molecule has 0 unspecified atom stereocenters. The Morgan fingerprint density at radius 3 is 2.21 bits per heavy atom. The second-order valence-electron chi connectivity index (χ2n) is 4.86. The Balaban J connectivity index is 3.16. The van der Waals surface area contributed by atoms with Crippen molar-refractivity contribution < 1.29 is 0 Å². The zero-order chi connectivity index (χ0) is 10.9. The molecule has 0 aliphatic carbocycles. The third-order valence-electron chi connectivity index (χ3n) is 2.04. The predicted octanol–water partition coefficient (Wildman–Crippen LogP) is 4.46. The quantitative estimate of drug-likeness (QED) is 0.727. The van der Waals surface area contributed by atoms with Gasteiger partial charge in [-0.05, 0) is 0 Å². The van der Waals surface area contributed by atoms with Gasteiger partial charge in [-0.15, -0.1) is 11.3 Å². The fourth-order valence-corrected chi connectivity index (χ4v) is 3.03. The third kappa shape index (κ3) is 2.57. The molecule has 0 spiro atoms. The molecule has 0 saturated carbocycles. The van der Waals surface area contributed by atoms with Gasteiger partial charge in [-0.3, -0.25) is 0 Å². The molecule has 0 saturated heterocycles. The highest BCUT2D eigenvalue weighted by molar-refractivity contribution is 9.08. The molecular formula is C11H18BrNS. The van der Waals surface area contributed by atoms with Crippen LogP contribution in [0.4, 0.5) is 0 Å². The Morgan fingerprint density at radius 1 is 1.36 bits per heavy atom.